The Labute approximate surface area is 129 Å². The molecule has 0 heterocycles. The van der Waals surface area contributed by atoms with E-state index >= 15 is 0 Å². The summed E-state index contributed by atoms with van der Waals surface area (Å²) in [6, 6.07) is 21.3. The zero-order valence-corrected chi connectivity index (χ0v) is 12.1. The van der Waals surface area contributed by atoms with Crippen molar-refractivity contribution in [2.45, 2.75) is 11.8 Å². The molecule has 22 heavy (non-hydrogen) atoms. The van der Waals surface area contributed by atoms with E-state index in [0.717, 1.165) is 11.4 Å². The summed E-state index contributed by atoms with van der Waals surface area (Å²) in [6.45, 7) is 0. The third-order valence-corrected chi connectivity index (χ3v) is 5.17. The molecule has 0 spiro atoms. The van der Waals surface area contributed by atoms with Crippen molar-refractivity contribution in [3.05, 3.63) is 94.0 Å². The molecule has 0 aromatic heterocycles. The Morgan fingerprint density at radius 2 is 0.818 bits per heavy atom. The summed E-state index contributed by atoms with van der Waals surface area (Å²) in [5.74, 6) is 0.409. The summed E-state index contributed by atoms with van der Waals surface area (Å²) in [5.41, 5.74) is 22.3. The average Bonchev–Trinajstić information content (AvgIpc) is 2.58. The first kappa shape index (κ1) is 11.9. The van der Waals surface area contributed by atoms with E-state index in [1.165, 1.54) is 33.4 Å². The van der Waals surface area contributed by atoms with Crippen molar-refractivity contribution in [3.8, 4) is 0 Å². The van der Waals surface area contributed by atoms with E-state index in [0.29, 0.717) is 0 Å². The SMILES string of the molecule is Nc1ccc(N)c2c1C1c3ccccc3C2c2ccccc21. The summed E-state index contributed by atoms with van der Waals surface area (Å²) in [4.78, 5) is 0. The summed E-state index contributed by atoms with van der Waals surface area (Å²) in [5, 5.41) is 0. The Hall–Kier alpha value is -2.74. The lowest BCUT2D eigenvalue weighted by Crippen LogP contribution is -2.29. The molecule has 2 nitrogen and oxygen atoms in total. The van der Waals surface area contributed by atoms with Crippen LogP contribution in [0.1, 0.15) is 45.2 Å². The van der Waals surface area contributed by atoms with Gasteiger partial charge in [0, 0.05) is 23.2 Å². The Balaban J connectivity index is 1.96. The maximum absolute atomic E-state index is 6.36. The fraction of sp³-hybridized carbons (Fsp3) is 0.100. The minimum Gasteiger partial charge on any atom is -0.398 e. The highest BCUT2D eigenvalue weighted by atomic mass is 14.6. The molecule has 2 heteroatoms. The molecule has 0 fully saturated rings. The van der Waals surface area contributed by atoms with Crippen LogP contribution in [0.15, 0.2) is 60.7 Å². The van der Waals surface area contributed by atoms with Crippen molar-refractivity contribution in [3.63, 3.8) is 0 Å². The van der Waals surface area contributed by atoms with E-state index in [2.05, 4.69) is 48.5 Å². The highest BCUT2D eigenvalue weighted by Crippen LogP contribution is 2.58. The molecule has 0 radical (unpaired) electrons. The predicted octanol–water partition coefficient (Wildman–Crippen LogP) is 3.84. The Morgan fingerprint density at radius 3 is 1.14 bits per heavy atom. The molecule has 0 saturated carbocycles. The monoisotopic (exact) mass is 284 g/mol. The third kappa shape index (κ3) is 1.26. The van der Waals surface area contributed by atoms with Crippen molar-refractivity contribution >= 4 is 11.4 Å². The number of hydrogen-bond donors (Lipinski definition) is 2. The second kappa shape index (κ2) is 3.92. The molecule has 0 saturated heterocycles. The normalized spacial score (nSPS) is 20.2. The molecule has 3 aliphatic rings. The van der Waals surface area contributed by atoms with Crippen LogP contribution < -0.4 is 11.5 Å². The lowest BCUT2D eigenvalue weighted by atomic mass is 9.60. The molecular weight excluding hydrogens is 268 g/mol. The molecule has 3 aromatic rings. The van der Waals surface area contributed by atoms with E-state index < -0.39 is 0 Å². The summed E-state index contributed by atoms with van der Waals surface area (Å²) in [7, 11) is 0. The molecule has 6 rings (SSSR count). The molecule has 3 aromatic carbocycles. The second-order valence-electron chi connectivity index (χ2n) is 6.20. The number of rotatable bonds is 0. The molecule has 0 aliphatic heterocycles. The van der Waals surface area contributed by atoms with Crippen LogP contribution in [-0.4, -0.2) is 0 Å². The highest BCUT2D eigenvalue weighted by Gasteiger charge is 2.42. The number of nitrogens with two attached hydrogens (primary N) is 2. The molecular formula is C20H16N2. The van der Waals surface area contributed by atoms with Gasteiger partial charge in [-0.2, -0.15) is 0 Å². The first-order chi connectivity index (χ1) is 10.8. The van der Waals surface area contributed by atoms with Crippen LogP contribution in [-0.2, 0) is 0 Å². The topological polar surface area (TPSA) is 52.0 Å². The van der Waals surface area contributed by atoms with E-state index in [1.807, 2.05) is 12.1 Å². The first-order valence-corrected chi connectivity index (χ1v) is 7.62. The van der Waals surface area contributed by atoms with Crippen molar-refractivity contribution < 1.29 is 0 Å². The fourth-order valence-corrected chi connectivity index (χ4v) is 4.34. The van der Waals surface area contributed by atoms with Gasteiger partial charge in [-0.3, -0.25) is 0 Å². The van der Waals surface area contributed by atoms with Gasteiger partial charge < -0.3 is 11.5 Å². The molecule has 0 unspecified atom stereocenters. The van der Waals surface area contributed by atoms with Gasteiger partial charge in [-0.25, -0.2) is 0 Å². The number of hydrogen-bond acceptors (Lipinski definition) is 2. The lowest BCUT2D eigenvalue weighted by Gasteiger charge is -2.43. The fourth-order valence-electron chi connectivity index (χ4n) is 4.34. The Morgan fingerprint density at radius 1 is 0.500 bits per heavy atom. The average molecular weight is 284 g/mol. The Kier molecular flexibility index (Phi) is 2.11. The zero-order chi connectivity index (χ0) is 14.8. The second-order valence-corrected chi connectivity index (χ2v) is 6.20. The molecule has 3 aliphatic carbocycles. The van der Waals surface area contributed by atoms with Gasteiger partial charge in [0.25, 0.3) is 0 Å². The van der Waals surface area contributed by atoms with Crippen molar-refractivity contribution in [2.75, 3.05) is 11.5 Å². The van der Waals surface area contributed by atoms with Gasteiger partial charge in [0.15, 0.2) is 0 Å². The summed E-state index contributed by atoms with van der Waals surface area (Å²) >= 11 is 0. The van der Waals surface area contributed by atoms with Gasteiger partial charge in [0.1, 0.15) is 0 Å². The number of anilines is 2. The van der Waals surface area contributed by atoms with Crippen LogP contribution in [0.5, 0.6) is 0 Å². The quantitative estimate of drug-likeness (QED) is 0.424. The van der Waals surface area contributed by atoms with Gasteiger partial charge in [0.2, 0.25) is 0 Å². The van der Waals surface area contributed by atoms with Gasteiger partial charge >= 0.3 is 0 Å². The summed E-state index contributed by atoms with van der Waals surface area (Å²) < 4.78 is 0. The van der Waals surface area contributed by atoms with E-state index in [9.17, 15) is 0 Å². The zero-order valence-electron chi connectivity index (χ0n) is 12.1. The molecule has 2 bridgehead atoms. The van der Waals surface area contributed by atoms with Crippen LogP contribution in [0.25, 0.3) is 0 Å². The van der Waals surface area contributed by atoms with Crippen LogP contribution in [0.2, 0.25) is 0 Å². The van der Waals surface area contributed by atoms with E-state index in [-0.39, 0.29) is 11.8 Å². The van der Waals surface area contributed by atoms with Crippen LogP contribution >= 0.6 is 0 Å². The van der Waals surface area contributed by atoms with Crippen molar-refractivity contribution in [1.82, 2.24) is 0 Å². The smallest absolute Gasteiger partial charge is 0.0370 e. The largest absolute Gasteiger partial charge is 0.398 e. The van der Waals surface area contributed by atoms with E-state index in [4.69, 9.17) is 11.5 Å². The van der Waals surface area contributed by atoms with Crippen LogP contribution in [0.4, 0.5) is 11.4 Å². The van der Waals surface area contributed by atoms with Crippen molar-refractivity contribution in [1.29, 1.82) is 0 Å². The minimum atomic E-state index is 0.205. The molecule has 106 valence electrons. The maximum atomic E-state index is 6.36. The van der Waals surface area contributed by atoms with Crippen LogP contribution in [0.3, 0.4) is 0 Å². The maximum Gasteiger partial charge on any atom is 0.0370 e. The van der Waals surface area contributed by atoms with E-state index in [1.54, 1.807) is 0 Å². The third-order valence-electron chi connectivity index (χ3n) is 5.17. The highest BCUT2D eigenvalue weighted by molar-refractivity contribution is 5.78. The van der Waals surface area contributed by atoms with Crippen LogP contribution in [0, 0.1) is 0 Å². The number of benzene rings is 3. The van der Waals surface area contributed by atoms with Gasteiger partial charge in [-0.05, 0) is 45.5 Å². The standard InChI is InChI=1S/C20H16N2/c21-15-9-10-16(22)20-18-12-6-2-1-5-11(12)17(19(15)20)13-7-3-4-8-14(13)18/h1-10,17-18H,21-22H2. The van der Waals surface area contributed by atoms with Crippen molar-refractivity contribution in [2.24, 2.45) is 0 Å². The Bertz CT molecular complexity index is 804. The summed E-state index contributed by atoms with van der Waals surface area (Å²) in [6.07, 6.45) is 0. The number of nitrogen functional groups attached to an aromatic ring is 2. The van der Waals surface area contributed by atoms with Gasteiger partial charge in [-0.15, -0.1) is 0 Å². The molecule has 0 amide bonds. The lowest BCUT2D eigenvalue weighted by molar-refractivity contribution is 0.759. The van der Waals surface area contributed by atoms with Gasteiger partial charge in [-0.1, -0.05) is 48.5 Å². The minimum absolute atomic E-state index is 0.205. The molecule has 0 atom stereocenters. The predicted molar refractivity (Wildman–Crippen MR) is 90.0 cm³/mol. The first-order valence-electron chi connectivity index (χ1n) is 7.62. The van der Waals surface area contributed by atoms with Gasteiger partial charge in [0.05, 0.1) is 0 Å². The molecule has 4 N–H and O–H groups in total.